The first-order valence-electron chi connectivity index (χ1n) is 9.10. The maximum Gasteiger partial charge on any atom is 0.416 e. The van der Waals surface area contributed by atoms with E-state index in [0.717, 1.165) is 25.6 Å². The van der Waals surface area contributed by atoms with E-state index in [9.17, 15) is 13.2 Å². The number of hydrogen-bond donors (Lipinski definition) is 0. The molecule has 2 unspecified atom stereocenters. The van der Waals surface area contributed by atoms with E-state index >= 15 is 0 Å². The number of hydrogen-bond acceptors (Lipinski definition) is 2. The predicted molar refractivity (Wildman–Crippen MR) is 101 cm³/mol. The van der Waals surface area contributed by atoms with Gasteiger partial charge in [0.05, 0.1) is 11.7 Å². The largest absolute Gasteiger partial charge is 0.416 e. The average Bonchev–Trinajstić information content (AvgIpc) is 2.61. The minimum atomic E-state index is -4.44. The maximum absolute atomic E-state index is 13.6. The van der Waals surface area contributed by atoms with Gasteiger partial charge in [0.1, 0.15) is 6.10 Å². The second-order valence-corrected chi connectivity index (χ2v) is 7.42. The van der Waals surface area contributed by atoms with E-state index in [-0.39, 0.29) is 11.7 Å². The van der Waals surface area contributed by atoms with Crippen molar-refractivity contribution in [1.82, 2.24) is 4.90 Å². The van der Waals surface area contributed by atoms with Crippen LogP contribution in [-0.2, 0) is 10.9 Å². The van der Waals surface area contributed by atoms with E-state index in [1.54, 1.807) is 30.3 Å². The molecule has 1 fully saturated rings. The zero-order valence-electron chi connectivity index (χ0n) is 15.3. The quantitative estimate of drug-likeness (QED) is 0.597. The summed E-state index contributed by atoms with van der Waals surface area (Å²) in [6.07, 6.45) is -4.29. The van der Waals surface area contributed by atoms with Gasteiger partial charge in [-0.1, -0.05) is 48.9 Å². The van der Waals surface area contributed by atoms with Gasteiger partial charge in [0.15, 0.2) is 0 Å². The molecule has 0 saturated carbocycles. The van der Waals surface area contributed by atoms with Crippen molar-refractivity contribution in [2.75, 3.05) is 13.1 Å². The van der Waals surface area contributed by atoms with Crippen LogP contribution in [0, 0.1) is 0 Å². The molecule has 0 aliphatic carbocycles. The Labute approximate surface area is 162 Å². The molecule has 2 nitrogen and oxygen atoms in total. The molecule has 1 aliphatic rings. The van der Waals surface area contributed by atoms with Crippen molar-refractivity contribution < 1.29 is 17.9 Å². The molecule has 0 spiro atoms. The number of benzene rings is 2. The monoisotopic (exact) mass is 397 g/mol. The minimum Gasteiger partial charge on any atom is -0.363 e. The van der Waals surface area contributed by atoms with Crippen molar-refractivity contribution in [3.8, 4) is 0 Å². The van der Waals surface area contributed by atoms with Crippen LogP contribution in [-0.4, -0.2) is 30.1 Å². The van der Waals surface area contributed by atoms with Crippen molar-refractivity contribution in [2.24, 2.45) is 0 Å². The van der Waals surface area contributed by atoms with Crippen molar-refractivity contribution in [1.29, 1.82) is 0 Å². The fourth-order valence-corrected chi connectivity index (χ4v) is 3.45. The topological polar surface area (TPSA) is 12.5 Å². The number of likely N-dealkylation sites (tertiary alicyclic amines) is 1. The molecule has 1 heterocycles. The normalized spacial score (nSPS) is 18.1. The zero-order chi connectivity index (χ0) is 19.6. The Morgan fingerprint density at radius 3 is 2.33 bits per heavy atom. The molecule has 0 N–H and O–H groups in total. The summed E-state index contributed by atoms with van der Waals surface area (Å²) >= 11 is 5.95. The van der Waals surface area contributed by atoms with Crippen molar-refractivity contribution in [2.45, 2.75) is 44.7 Å². The van der Waals surface area contributed by atoms with Crippen molar-refractivity contribution in [3.05, 3.63) is 70.2 Å². The third-order valence-electron chi connectivity index (χ3n) is 5.14. The van der Waals surface area contributed by atoms with E-state index in [1.807, 2.05) is 0 Å². The van der Waals surface area contributed by atoms with E-state index < -0.39 is 17.8 Å². The number of rotatable bonds is 6. The van der Waals surface area contributed by atoms with Gasteiger partial charge in [0.2, 0.25) is 0 Å². The Morgan fingerprint density at radius 2 is 1.74 bits per heavy atom. The Balaban J connectivity index is 1.89. The molecule has 6 heteroatoms. The van der Waals surface area contributed by atoms with Crippen LogP contribution in [0.2, 0.25) is 5.02 Å². The van der Waals surface area contributed by atoms with Gasteiger partial charge in [-0.15, -0.1) is 0 Å². The van der Waals surface area contributed by atoms with Crippen LogP contribution in [0.4, 0.5) is 13.2 Å². The summed E-state index contributed by atoms with van der Waals surface area (Å²) in [5.41, 5.74) is 0.135. The molecule has 146 valence electrons. The van der Waals surface area contributed by atoms with Crippen molar-refractivity contribution >= 4 is 11.6 Å². The summed E-state index contributed by atoms with van der Waals surface area (Å²) in [5, 5.41) is 0.535. The van der Waals surface area contributed by atoms with E-state index in [1.165, 1.54) is 12.1 Å². The summed E-state index contributed by atoms with van der Waals surface area (Å²) in [7, 11) is 0. The highest BCUT2D eigenvalue weighted by atomic mass is 35.5. The molecular formula is C21H23ClF3NO. The highest BCUT2D eigenvalue weighted by Crippen LogP contribution is 2.39. The van der Waals surface area contributed by atoms with Gasteiger partial charge in [-0.2, -0.15) is 13.2 Å². The lowest BCUT2D eigenvalue weighted by molar-refractivity contribution is -0.141. The van der Waals surface area contributed by atoms with Crippen LogP contribution in [0.25, 0.3) is 0 Å². The van der Waals surface area contributed by atoms with Gasteiger partial charge in [0.25, 0.3) is 0 Å². The zero-order valence-corrected chi connectivity index (χ0v) is 16.1. The van der Waals surface area contributed by atoms with E-state index in [0.29, 0.717) is 16.6 Å². The first kappa shape index (κ1) is 20.2. The Bertz CT molecular complexity index is 757. The number of nitrogens with zero attached hydrogens (tertiary/aromatic N) is 1. The van der Waals surface area contributed by atoms with Gasteiger partial charge in [-0.05, 0) is 42.7 Å². The molecule has 27 heavy (non-hydrogen) atoms. The molecule has 0 radical (unpaired) electrons. The van der Waals surface area contributed by atoms with E-state index in [2.05, 4.69) is 18.7 Å². The molecule has 3 rings (SSSR count). The third kappa shape index (κ3) is 4.65. The maximum atomic E-state index is 13.6. The number of alkyl halides is 3. The molecule has 0 aromatic heterocycles. The van der Waals surface area contributed by atoms with Crippen LogP contribution >= 0.6 is 11.6 Å². The first-order valence-corrected chi connectivity index (χ1v) is 9.48. The Morgan fingerprint density at radius 1 is 1.11 bits per heavy atom. The highest BCUT2D eigenvalue weighted by Gasteiger charge is 2.38. The Hall–Kier alpha value is -1.56. The summed E-state index contributed by atoms with van der Waals surface area (Å²) < 4.78 is 46.8. The lowest BCUT2D eigenvalue weighted by atomic mass is 9.95. The fourth-order valence-electron chi connectivity index (χ4n) is 3.32. The minimum absolute atomic E-state index is 0.0963. The third-order valence-corrected chi connectivity index (χ3v) is 5.39. The molecule has 2 aromatic carbocycles. The second kappa shape index (κ2) is 8.21. The van der Waals surface area contributed by atoms with Gasteiger partial charge in [-0.3, -0.25) is 4.90 Å². The molecule has 1 aliphatic heterocycles. The van der Waals surface area contributed by atoms with Crippen LogP contribution < -0.4 is 0 Å². The van der Waals surface area contributed by atoms with Gasteiger partial charge >= 0.3 is 6.18 Å². The van der Waals surface area contributed by atoms with Gasteiger partial charge in [0, 0.05) is 24.2 Å². The lowest BCUT2D eigenvalue weighted by Gasteiger charge is -2.44. The fraction of sp³-hybridized carbons (Fsp3) is 0.429. The van der Waals surface area contributed by atoms with Crippen LogP contribution in [0.5, 0.6) is 0 Å². The standard InChI is InChI=1S/C21H23ClF3NO/c1-3-14(2)26-12-17(13-26)27-20(15-8-10-16(22)11-9-15)18-6-4-5-7-19(18)21(23,24)25/h4-11,14,17,20H,3,12-13H2,1-2H3. The lowest BCUT2D eigenvalue weighted by Crippen LogP contribution is -2.55. The molecular weight excluding hydrogens is 375 g/mol. The van der Waals surface area contributed by atoms with Crippen LogP contribution in [0.15, 0.2) is 48.5 Å². The second-order valence-electron chi connectivity index (χ2n) is 6.99. The smallest absolute Gasteiger partial charge is 0.363 e. The molecule has 0 bridgehead atoms. The Kier molecular flexibility index (Phi) is 6.14. The van der Waals surface area contributed by atoms with Gasteiger partial charge in [-0.25, -0.2) is 0 Å². The molecule has 2 aromatic rings. The highest BCUT2D eigenvalue weighted by molar-refractivity contribution is 6.30. The molecule has 2 atom stereocenters. The number of ether oxygens (including phenoxy) is 1. The summed E-state index contributed by atoms with van der Waals surface area (Å²) in [4.78, 5) is 2.28. The first-order chi connectivity index (χ1) is 12.8. The number of halogens is 4. The van der Waals surface area contributed by atoms with Crippen LogP contribution in [0.1, 0.15) is 43.1 Å². The molecule has 0 amide bonds. The van der Waals surface area contributed by atoms with Gasteiger partial charge < -0.3 is 4.74 Å². The summed E-state index contributed by atoms with van der Waals surface area (Å²) in [5.74, 6) is 0. The van der Waals surface area contributed by atoms with Crippen molar-refractivity contribution in [3.63, 3.8) is 0 Å². The predicted octanol–water partition coefficient (Wildman–Crippen LogP) is 5.95. The van der Waals surface area contributed by atoms with E-state index in [4.69, 9.17) is 16.3 Å². The summed E-state index contributed by atoms with van der Waals surface area (Å²) in [6.45, 7) is 5.72. The summed E-state index contributed by atoms with van der Waals surface area (Å²) in [6, 6.07) is 12.9. The average molecular weight is 398 g/mol. The SMILES string of the molecule is CCC(C)N1CC(OC(c2ccc(Cl)cc2)c2ccccc2C(F)(F)F)C1. The molecule has 1 saturated heterocycles. The van der Waals surface area contributed by atoms with Crippen LogP contribution in [0.3, 0.4) is 0 Å².